The Labute approximate surface area is 335 Å². The Hall–Kier alpha value is -4.68. The zero-order valence-corrected chi connectivity index (χ0v) is 34.4. The van der Waals surface area contributed by atoms with Crippen molar-refractivity contribution in [2.24, 2.45) is 17.8 Å². The fourth-order valence-electron chi connectivity index (χ4n) is 8.09. The third-order valence-electron chi connectivity index (χ3n) is 12.3. The molecular formula is C39H51F3N6O9S. The number of carboxylic acid groups (broad SMARTS) is 1. The van der Waals surface area contributed by atoms with Gasteiger partial charge < -0.3 is 24.8 Å². The predicted molar refractivity (Wildman–Crippen MR) is 204 cm³/mol. The number of allylic oxidation sites excluding steroid dienone is 1. The molecule has 2 aliphatic heterocycles. The van der Waals surface area contributed by atoms with Crippen molar-refractivity contribution in [2.45, 2.75) is 127 Å². The first kappa shape index (κ1) is 42.9. The van der Waals surface area contributed by atoms with E-state index in [1.807, 2.05) is 6.92 Å². The number of carbonyl (C=O) groups is 4. The number of ether oxygens (including phenoxy) is 2. The van der Waals surface area contributed by atoms with Crippen molar-refractivity contribution >= 4 is 44.9 Å². The summed E-state index contributed by atoms with van der Waals surface area (Å²) in [6, 6.07) is 1.65. The van der Waals surface area contributed by atoms with Crippen LogP contribution in [-0.4, -0.2) is 111 Å². The average Bonchev–Trinajstić information content (AvgIpc) is 4.01. The normalized spacial score (nSPS) is 29.5. The third-order valence-corrected chi connectivity index (χ3v) is 14.4. The second kappa shape index (κ2) is 15.2. The van der Waals surface area contributed by atoms with Crippen molar-refractivity contribution in [2.75, 3.05) is 13.7 Å². The zero-order valence-electron chi connectivity index (χ0n) is 33.6. The second-order valence-electron chi connectivity index (χ2n) is 17.1. The van der Waals surface area contributed by atoms with Gasteiger partial charge in [0.25, 0.3) is 5.91 Å². The van der Waals surface area contributed by atoms with Gasteiger partial charge in [-0.2, -0.15) is 13.2 Å². The molecule has 3 N–H and O–H groups in total. The smallest absolute Gasteiger partial charge is 0.411 e. The van der Waals surface area contributed by atoms with Crippen LogP contribution >= 0.6 is 0 Å². The lowest BCUT2D eigenvalue weighted by Gasteiger charge is -2.45. The molecular weight excluding hydrogens is 786 g/mol. The zero-order chi connectivity index (χ0) is 42.7. The number of nitrogens with zero attached hydrogens (tertiary/aromatic N) is 4. The van der Waals surface area contributed by atoms with E-state index in [-0.39, 0.29) is 42.5 Å². The molecule has 1 aromatic carbocycles. The first-order valence-corrected chi connectivity index (χ1v) is 20.9. The molecule has 1 saturated heterocycles. The van der Waals surface area contributed by atoms with E-state index in [9.17, 15) is 45.9 Å². The van der Waals surface area contributed by atoms with E-state index in [4.69, 9.17) is 9.47 Å². The third kappa shape index (κ3) is 8.02. The quantitative estimate of drug-likeness (QED) is 0.307. The molecule has 6 rings (SSSR count). The summed E-state index contributed by atoms with van der Waals surface area (Å²) >= 11 is 0. The number of benzene rings is 1. The van der Waals surface area contributed by atoms with Crippen molar-refractivity contribution in [3.63, 3.8) is 0 Å². The molecule has 3 heterocycles. The van der Waals surface area contributed by atoms with Crippen LogP contribution in [0.5, 0.6) is 11.6 Å². The van der Waals surface area contributed by atoms with Crippen LogP contribution in [0.3, 0.4) is 0 Å². The summed E-state index contributed by atoms with van der Waals surface area (Å²) < 4.78 is 83.1. The van der Waals surface area contributed by atoms with E-state index in [2.05, 4.69) is 20.0 Å². The number of amides is 4. The van der Waals surface area contributed by atoms with Crippen LogP contribution in [0.1, 0.15) is 85.3 Å². The molecule has 2 aliphatic carbocycles. The van der Waals surface area contributed by atoms with Gasteiger partial charge in [0, 0.05) is 18.4 Å². The molecule has 15 nitrogen and oxygen atoms in total. The van der Waals surface area contributed by atoms with E-state index < -0.39 is 85.9 Å². The minimum atomic E-state index is -5.10. The van der Waals surface area contributed by atoms with Gasteiger partial charge in [0.1, 0.15) is 40.7 Å². The Balaban J connectivity index is 1.42. The highest BCUT2D eigenvalue weighted by Gasteiger charge is 2.64. The van der Waals surface area contributed by atoms with Crippen LogP contribution in [0.4, 0.5) is 18.0 Å². The van der Waals surface area contributed by atoms with Gasteiger partial charge in [0.05, 0.1) is 29.4 Å². The number of rotatable bonds is 8. The number of aryl methyl sites for hydroxylation is 1. The van der Waals surface area contributed by atoms with E-state index in [0.29, 0.717) is 62.0 Å². The van der Waals surface area contributed by atoms with E-state index >= 15 is 0 Å². The van der Waals surface area contributed by atoms with Gasteiger partial charge in [0.15, 0.2) is 0 Å². The fraction of sp³-hybridized carbons (Fsp3) is 0.641. The van der Waals surface area contributed by atoms with Gasteiger partial charge in [0.2, 0.25) is 27.7 Å². The maximum atomic E-state index is 15.0. The number of nitrogens with one attached hydrogen (secondary N) is 2. The van der Waals surface area contributed by atoms with Crippen molar-refractivity contribution in [1.82, 2.24) is 29.8 Å². The molecule has 0 unspecified atom stereocenters. The van der Waals surface area contributed by atoms with E-state index in [0.717, 1.165) is 4.90 Å². The van der Waals surface area contributed by atoms with Gasteiger partial charge in [-0.3, -0.25) is 24.0 Å². The summed E-state index contributed by atoms with van der Waals surface area (Å²) in [6.07, 6.45) is -2.91. The maximum Gasteiger partial charge on any atom is 0.411 e. The molecule has 3 fully saturated rings. The van der Waals surface area contributed by atoms with E-state index in [1.54, 1.807) is 37.3 Å². The largest absolute Gasteiger partial charge is 0.497 e. The molecule has 1 aromatic heterocycles. The molecule has 0 radical (unpaired) electrons. The number of halogens is 3. The monoisotopic (exact) mass is 836 g/mol. The number of methoxy groups -OCH3 is 1. The molecule has 7 atom stereocenters. The van der Waals surface area contributed by atoms with Gasteiger partial charge in [-0.05, 0) is 90.2 Å². The topological polar surface area (TPSA) is 197 Å². The minimum absolute atomic E-state index is 0.0466. The highest BCUT2D eigenvalue weighted by Crippen LogP contribution is 2.48. The summed E-state index contributed by atoms with van der Waals surface area (Å²) in [4.78, 5) is 66.6. The van der Waals surface area contributed by atoms with Crippen molar-refractivity contribution < 1.29 is 55.3 Å². The summed E-state index contributed by atoms with van der Waals surface area (Å²) in [5.41, 5.74) is -3.46. The molecule has 318 valence electrons. The van der Waals surface area contributed by atoms with Crippen LogP contribution < -0.4 is 19.5 Å². The van der Waals surface area contributed by atoms with Gasteiger partial charge in [-0.25, -0.2) is 23.2 Å². The molecule has 19 heteroatoms. The van der Waals surface area contributed by atoms with Gasteiger partial charge >= 0.3 is 12.3 Å². The maximum absolute atomic E-state index is 15.0. The molecule has 4 aliphatic rings. The Morgan fingerprint density at radius 3 is 2.41 bits per heavy atom. The predicted octanol–water partition coefficient (Wildman–Crippen LogP) is 4.87. The van der Waals surface area contributed by atoms with Crippen LogP contribution in [0.2, 0.25) is 0 Å². The lowest BCUT2D eigenvalue weighted by atomic mass is 9.85. The molecule has 0 spiro atoms. The van der Waals surface area contributed by atoms with Crippen LogP contribution in [0.25, 0.3) is 11.0 Å². The highest BCUT2D eigenvalue weighted by atomic mass is 32.2. The highest BCUT2D eigenvalue weighted by molar-refractivity contribution is 7.91. The SMILES string of the molecule is COc1ccc2nc(C)c(O[C@@H]3C[C@H]4C(=O)N[C@]5(C(=O)NS(=O)(=O)C6(C)CC6)C[C@H]5/C=C\CC[C@@H](C)C[C@@H](C)[C@H](N(C(=O)O)C(C)(C)C(F)(F)F)C(=O)N4C3)nc2c1. The molecule has 0 bridgehead atoms. The van der Waals surface area contributed by atoms with Gasteiger partial charge in [-0.1, -0.05) is 26.0 Å². The van der Waals surface area contributed by atoms with Gasteiger partial charge in [-0.15, -0.1) is 0 Å². The Morgan fingerprint density at radius 1 is 1.10 bits per heavy atom. The number of alkyl halides is 3. The molecule has 58 heavy (non-hydrogen) atoms. The Kier molecular flexibility index (Phi) is 11.2. The first-order chi connectivity index (χ1) is 26.9. The first-order valence-electron chi connectivity index (χ1n) is 19.4. The number of fused-ring (bicyclic) bond motifs is 3. The fourth-order valence-corrected chi connectivity index (χ4v) is 9.40. The number of hydrogen-bond donors (Lipinski definition) is 3. The molecule has 2 saturated carbocycles. The molecule has 4 amide bonds. The summed E-state index contributed by atoms with van der Waals surface area (Å²) in [6.45, 7) is 7.52. The standard InChI is InChI=1S/C39H51F3N6O9S/c1-21-10-8-9-11-24-19-38(24,34(51)46-58(54,55)37(6)14-15-37)45-31(49)29-18-26(57-32-23(3)43-27-13-12-25(56-7)17-28(27)44-32)20-47(29)33(50)30(22(2)16-21)48(35(52)53)36(4,5)39(40,41)42/h9,11-13,17,21-22,24,26,29-30H,8,10,14-16,18-20H2,1-7H3,(H,45,49)(H,46,51)(H,52,53)/b11-9-/t21-,22-,24-,26-,29+,30+,38-/m1/s1. The molecule has 2 aromatic rings. The lowest BCUT2D eigenvalue weighted by Crippen LogP contribution is -2.66. The lowest BCUT2D eigenvalue weighted by molar-refractivity contribution is -0.222. The Morgan fingerprint density at radius 2 is 1.79 bits per heavy atom. The van der Waals surface area contributed by atoms with Crippen LogP contribution in [0.15, 0.2) is 30.4 Å². The summed E-state index contributed by atoms with van der Waals surface area (Å²) in [5, 5.41) is 13.2. The van der Waals surface area contributed by atoms with Crippen LogP contribution in [0, 0.1) is 24.7 Å². The van der Waals surface area contributed by atoms with E-state index in [1.165, 1.54) is 21.0 Å². The number of sulfonamides is 1. The summed E-state index contributed by atoms with van der Waals surface area (Å²) in [5.74, 6) is -4.11. The van der Waals surface area contributed by atoms with Crippen LogP contribution in [-0.2, 0) is 24.4 Å². The van der Waals surface area contributed by atoms with Crippen molar-refractivity contribution in [3.05, 3.63) is 36.0 Å². The Bertz CT molecular complexity index is 2130. The second-order valence-corrected chi connectivity index (χ2v) is 19.3. The number of carbonyl (C=O) groups excluding carboxylic acids is 3. The average molecular weight is 837 g/mol. The number of aromatic nitrogens is 2. The van der Waals surface area contributed by atoms with Crippen molar-refractivity contribution in [1.29, 1.82) is 0 Å². The number of hydrogen-bond acceptors (Lipinski definition) is 10. The van der Waals surface area contributed by atoms with Crippen molar-refractivity contribution in [3.8, 4) is 11.6 Å². The summed E-state index contributed by atoms with van der Waals surface area (Å²) in [7, 11) is -2.64. The minimum Gasteiger partial charge on any atom is -0.497 e.